The van der Waals surface area contributed by atoms with Crippen LogP contribution in [-0.4, -0.2) is 9.97 Å². The summed E-state index contributed by atoms with van der Waals surface area (Å²) in [4.78, 5) is 7.91. The van der Waals surface area contributed by atoms with Crippen molar-refractivity contribution in [1.82, 2.24) is 9.97 Å². The van der Waals surface area contributed by atoms with E-state index in [2.05, 4.69) is 9.97 Å². The predicted octanol–water partition coefficient (Wildman–Crippen LogP) is 4.95. The zero-order chi connectivity index (χ0) is 16.4. The molecular formula is C20H15FN2O. The Balaban J connectivity index is 1.58. The van der Waals surface area contributed by atoms with E-state index in [9.17, 15) is 4.39 Å². The normalized spacial score (nSPS) is 10.9. The standard InChI is InChI=1S/C20H15FN2O/c21-16-8-1-4-11-19(16)24-13-14-6-5-7-15(12-14)20-22-17-9-2-3-10-18(17)23-20/h1-12H,13H2,(H,22,23). The van der Waals surface area contributed by atoms with E-state index in [-0.39, 0.29) is 11.6 Å². The largest absolute Gasteiger partial charge is 0.486 e. The topological polar surface area (TPSA) is 37.9 Å². The maximum atomic E-state index is 13.6. The van der Waals surface area contributed by atoms with E-state index in [4.69, 9.17) is 4.74 Å². The van der Waals surface area contributed by atoms with E-state index in [1.165, 1.54) is 6.07 Å². The first-order valence-electron chi connectivity index (χ1n) is 7.71. The number of rotatable bonds is 4. The molecule has 0 unspecified atom stereocenters. The van der Waals surface area contributed by atoms with Crippen LogP contribution in [0.5, 0.6) is 5.75 Å². The van der Waals surface area contributed by atoms with Crippen LogP contribution in [0.3, 0.4) is 0 Å². The van der Waals surface area contributed by atoms with E-state index in [0.29, 0.717) is 6.61 Å². The Morgan fingerprint density at radius 1 is 0.917 bits per heavy atom. The molecule has 0 bridgehead atoms. The van der Waals surface area contributed by atoms with Crippen LogP contribution >= 0.6 is 0 Å². The Bertz CT molecular complexity index is 961. The number of aromatic nitrogens is 2. The van der Waals surface area contributed by atoms with Gasteiger partial charge in [-0.15, -0.1) is 0 Å². The van der Waals surface area contributed by atoms with Gasteiger partial charge in [-0.25, -0.2) is 9.37 Å². The van der Waals surface area contributed by atoms with Crippen molar-refractivity contribution in [3.05, 3.63) is 84.2 Å². The highest BCUT2D eigenvalue weighted by molar-refractivity contribution is 5.79. The zero-order valence-electron chi connectivity index (χ0n) is 12.9. The second-order valence-electron chi connectivity index (χ2n) is 5.52. The summed E-state index contributed by atoms with van der Waals surface area (Å²) in [5.41, 5.74) is 3.86. The number of benzene rings is 3. The van der Waals surface area contributed by atoms with Gasteiger partial charge in [-0.3, -0.25) is 0 Å². The summed E-state index contributed by atoms with van der Waals surface area (Å²) in [7, 11) is 0. The molecule has 0 amide bonds. The number of fused-ring (bicyclic) bond motifs is 1. The lowest BCUT2D eigenvalue weighted by molar-refractivity contribution is 0.290. The van der Waals surface area contributed by atoms with Gasteiger partial charge in [0.05, 0.1) is 11.0 Å². The molecule has 3 aromatic carbocycles. The smallest absolute Gasteiger partial charge is 0.165 e. The third kappa shape index (κ3) is 2.86. The first-order valence-corrected chi connectivity index (χ1v) is 7.71. The number of aromatic amines is 1. The summed E-state index contributed by atoms with van der Waals surface area (Å²) in [6.45, 7) is 0.301. The summed E-state index contributed by atoms with van der Waals surface area (Å²) < 4.78 is 19.2. The van der Waals surface area contributed by atoms with Crippen LogP contribution in [0.1, 0.15) is 5.56 Å². The van der Waals surface area contributed by atoms with Gasteiger partial charge < -0.3 is 9.72 Å². The lowest BCUT2D eigenvalue weighted by Gasteiger charge is -2.08. The Labute approximate surface area is 138 Å². The van der Waals surface area contributed by atoms with Crippen molar-refractivity contribution in [3.63, 3.8) is 0 Å². The van der Waals surface area contributed by atoms with Crippen molar-refractivity contribution < 1.29 is 9.13 Å². The van der Waals surface area contributed by atoms with Crippen LogP contribution in [0, 0.1) is 5.82 Å². The van der Waals surface area contributed by atoms with Crippen LogP contribution in [0.25, 0.3) is 22.4 Å². The Morgan fingerprint density at radius 3 is 2.62 bits per heavy atom. The molecule has 0 radical (unpaired) electrons. The summed E-state index contributed by atoms with van der Waals surface area (Å²) in [6.07, 6.45) is 0. The number of nitrogens with zero attached hydrogens (tertiary/aromatic N) is 1. The minimum atomic E-state index is -0.356. The molecule has 118 valence electrons. The molecule has 1 aromatic heterocycles. The van der Waals surface area contributed by atoms with Crippen LogP contribution in [0.4, 0.5) is 4.39 Å². The van der Waals surface area contributed by atoms with E-state index in [1.807, 2.05) is 48.5 Å². The van der Waals surface area contributed by atoms with E-state index in [1.54, 1.807) is 18.2 Å². The number of imidazole rings is 1. The maximum Gasteiger partial charge on any atom is 0.165 e. The molecule has 0 spiro atoms. The van der Waals surface area contributed by atoms with Gasteiger partial charge in [-0.1, -0.05) is 42.5 Å². The second kappa shape index (κ2) is 6.16. The van der Waals surface area contributed by atoms with Crippen molar-refractivity contribution >= 4 is 11.0 Å². The summed E-state index contributed by atoms with van der Waals surface area (Å²) in [5, 5.41) is 0. The highest BCUT2D eigenvalue weighted by atomic mass is 19.1. The molecule has 1 N–H and O–H groups in total. The second-order valence-corrected chi connectivity index (χ2v) is 5.52. The molecule has 0 atom stereocenters. The fraction of sp³-hybridized carbons (Fsp3) is 0.0500. The van der Waals surface area contributed by atoms with Crippen LogP contribution in [-0.2, 0) is 6.61 Å². The fourth-order valence-corrected chi connectivity index (χ4v) is 2.62. The third-order valence-corrected chi connectivity index (χ3v) is 3.82. The van der Waals surface area contributed by atoms with Gasteiger partial charge in [-0.2, -0.15) is 0 Å². The number of H-pyrrole nitrogens is 1. The highest BCUT2D eigenvalue weighted by Crippen LogP contribution is 2.22. The third-order valence-electron chi connectivity index (χ3n) is 3.82. The molecule has 4 aromatic rings. The van der Waals surface area contributed by atoms with Gasteiger partial charge in [-0.05, 0) is 35.9 Å². The molecule has 4 heteroatoms. The van der Waals surface area contributed by atoms with Gasteiger partial charge in [0.15, 0.2) is 11.6 Å². The average molecular weight is 318 g/mol. The molecule has 4 rings (SSSR count). The molecular weight excluding hydrogens is 303 g/mol. The summed E-state index contributed by atoms with van der Waals surface area (Å²) in [5.74, 6) is 0.710. The van der Waals surface area contributed by atoms with Crippen LogP contribution in [0.2, 0.25) is 0 Å². The SMILES string of the molecule is Fc1ccccc1OCc1cccc(-c2nc3ccccc3[nH]2)c1. The van der Waals surface area contributed by atoms with Crippen molar-refractivity contribution in [2.45, 2.75) is 6.61 Å². The Morgan fingerprint density at radius 2 is 1.75 bits per heavy atom. The van der Waals surface area contributed by atoms with E-state index < -0.39 is 0 Å². The molecule has 0 aliphatic heterocycles. The van der Waals surface area contributed by atoms with Gasteiger partial charge in [0, 0.05) is 5.56 Å². The number of hydrogen-bond acceptors (Lipinski definition) is 2. The predicted molar refractivity (Wildman–Crippen MR) is 92.3 cm³/mol. The lowest BCUT2D eigenvalue weighted by atomic mass is 10.1. The van der Waals surface area contributed by atoms with Crippen molar-refractivity contribution in [2.24, 2.45) is 0 Å². The van der Waals surface area contributed by atoms with Gasteiger partial charge in [0.2, 0.25) is 0 Å². The minimum absolute atomic E-state index is 0.256. The van der Waals surface area contributed by atoms with E-state index >= 15 is 0 Å². The quantitative estimate of drug-likeness (QED) is 0.578. The molecule has 0 fully saturated rings. The number of ether oxygens (including phenoxy) is 1. The van der Waals surface area contributed by atoms with E-state index in [0.717, 1.165) is 28.0 Å². The number of nitrogens with one attached hydrogen (secondary N) is 1. The number of para-hydroxylation sites is 3. The maximum absolute atomic E-state index is 13.6. The first-order chi connectivity index (χ1) is 11.8. The highest BCUT2D eigenvalue weighted by Gasteiger charge is 2.07. The average Bonchev–Trinajstić information content (AvgIpc) is 3.06. The number of halogens is 1. The molecule has 0 aliphatic carbocycles. The summed E-state index contributed by atoms with van der Waals surface area (Å²) >= 11 is 0. The van der Waals surface area contributed by atoms with Crippen LogP contribution < -0.4 is 4.74 Å². The molecule has 3 nitrogen and oxygen atoms in total. The van der Waals surface area contributed by atoms with Crippen molar-refractivity contribution in [3.8, 4) is 17.1 Å². The zero-order valence-corrected chi connectivity index (χ0v) is 12.9. The molecule has 0 aliphatic rings. The number of hydrogen-bond donors (Lipinski definition) is 1. The minimum Gasteiger partial charge on any atom is -0.486 e. The first kappa shape index (κ1) is 14.5. The molecule has 0 saturated heterocycles. The van der Waals surface area contributed by atoms with Crippen molar-refractivity contribution in [2.75, 3.05) is 0 Å². The molecule has 0 saturated carbocycles. The van der Waals surface area contributed by atoms with Gasteiger partial charge >= 0.3 is 0 Å². The van der Waals surface area contributed by atoms with Crippen molar-refractivity contribution in [1.29, 1.82) is 0 Å². The Kier molecular flexibility index (Phi) is 3.71. The monoisotopic (exact) mass is 318 g/mol. The fourth-order valence-electron chi connectivity index (χ4n) is 2.62. The van der Waals surface area contributed by atoms with Gasteiger partial charge in [0.25, 0.3) is 0 Å². The Hall–Kier alpha value is -3.14. The van der Waals surface area contributed by atoms with Gasteiger partial charge in [0.1, 0.15) is 12.4 Å². The lowest BCUT2D eigenvalue weighted by Crippen LogP contribution is -1.97. The molecule has 1 heterocycles. The molecule has 24 heavy (non-hydrogen) atoms. The summed E-state index contributed by atoms with van der Waals surface area (Å²) in [6, 6.07) is 22.2. The van der Waals surface area contributed by atoms with Crippen LogP contribution in [0.15, 0.2) is 72.8 Å².